The van der Waals surface area contributed by atoms with Crippen LogP contribution in [0.3, 0.4) is 0 Å². The maximum Gasteiger partial charge on any atom is 0.270 e. The highest BCUT2D eigenvalue weighted by Gasteiger charge is 2.30. The van der Waals surface area contributed by atoms with Gasteiger partial charge in [0.2, 0.25) is 0 Å². The van der Waals surface area contributed by atoms with E-state index in [1.165, 1.54) is 11.3 Å². The minimum Gasteiger partial charge on any atom is -0.462 e. The van der Waals surface area contributed by atoms with Gasteiger partial charge in [0.1, 0.15) is 5.69 Å². The molecule has 0 saturated carbocycles. The van der Waals surface area contributed by atoms with Crippen molar-refractivity contribution in [3.05, 3.63) is 29.5 Å². The molecule has 21 heavy (non-hydrogen) atoms. The first-order valence-electron chi connectivity index (χ1n) is 6.74. The monoisotopic (exact) mass is 324 g/mol. The number of amides is 1. The Morgan fingerprint density at radius 3 is 3.00 bits per heavy atom. The highest BCUT2D eigenvalue weighted by molar-refractivity contribution is 7.99. The lowest BCUT2D eigenvalue weighted by Crippen LogP contribution is -2.45. The van der Waals surface area contributed by atoms with Gasteiger partial charge in [0, 0.05) is 11.9 Å². The van der Waals surface area contributed by atoms with Crippen LogP contribution in [-0.4, -0.2) is 39.6 Å². The van der Waals surface area contributed by atoms with Crippen LogP contribution >= 0.6 is 23.1 Å². The van der Waals surface area contributed by atoms with Crippen LogP contribution in [0, 0.1) is 0 Å². The molecule has 0 radical (unpaired) electrons. The lowest BCUT2D eigenvalue weighted by atomic mass is 9.97. The maximum atomic E-state index is 12.1. The first-order valence-corrected chi connectivity index (χ1v) is 8.77. The minimum atomic E-state index is -0.777. The summed E-state index contributed by atoms with van der Waals surface area (Å²) in [5.41, 5.74) is -0.416. The number of nitrogens with zero attached hydrogens (tertiary/aromatic N) is 1. The van der Waals surface area contributed by atoms with Crippen LogP contribution in [0.25, 0.3) is 10.8 Å². The standard InChI is InChI=1S/C14H16N2O3S2/c17-12(15-9-14(18)3-6-20-7-4-14)10-8-21-13(16-10)11-2-1-5-19-11/h1-2,5,8,18H,3-4,6-7,9H2,(H,15,17). The molecule has 0 atom stereocenters. The number of thioether (sulfide) groups is 1. The Morgan fingerprint density at radius 2 is 2.29 bits per heavy atom. The zero-order valence-corrected chi connectivity index (χ0v) is 13.0. The van der Waals surface area contributed by atoms with Crippen molar-refractivity contribution in [2.24, 2.45) is 0 Å². The van der Waals surface area contributed by atoms with Crippen molar-refractivity contribution in [1.82, 2.24) is 10.3 Å². The van der Waals surface area contributed by atoms with Gasteiger partial charge in [-0.05, 0) is 36.5 Å². The van der Waals surface area contributed by atoms with Crippen molar-refractivity contribution in [2.45, 2.75) is 18.4 Å². The van der Waals surface area contributed by atoms with E-state index in [1.807, 2.05) is 17.8 Å². The molecule has 2 aromatic rings. The second kappa shape index (κ2) is 6.21. The fourth-order valence-corrected chi connectivity index (χ4v) is 4.17. The smallest absolute Gasteiger partial charge is 0.270 e. The maximum absolute atomic E-state index is 12.1. The number of aromatic nitrogens is 1. The number of carbonyl (C=O) groups is 1. The van der Waals surface area contributed by atoms with Crippen molar-refractivity contribution in [3.63, 3.8) is 0 Å². The summed E-state index contributed by atoms with van der Waals surface area (Å²) in [7, 11) is 0. The SMILES string of the molecule is O=C(NCC1(O)CCSCC1)c1csc(-c2ccco2)n1. The van der Waals surface area contributed by atoms with Gasteiger partial charge >= 0.3 is 0 Å². The molecule has 112 valence electrons. The Hall–Kier alpha value is -1.31. The van der Waals surface area contributed by atoms with Crippen molar-refractivity contribution in [1.29, 1.82) is 0 Å². The molecule has 2 aromatic heterocycles. The van der Waals surface area contributed by atoms with Gasteiger partial charge in [0.25, 0.3) is 5.91 Å². The Labute approximate surface area is 130 Å². The molecule has 0 spiro atoms. The second-order valence-electron chi connectivity index (χ2n) is 5.03. The first kappa shape index (κ1) is 14.6. The number of thiazole rings is 1. The molecule has 5 nitrogen and oxygen atoms in total. The van der Waals surface area contributed by atoms with Crippen LogP contribution in [0.4, 0.5) is 0 Å². The van der Waals surface area contributed by atoms with Crippen LogP contribution < -0.4 is 5.32 Å². The Balaban J connectivity index is 1.61. The molecule has 0 aliphatic carbocycles. The van der Waals surface area contributed by atoms with Crippen molar-refractivity contribution >= 4 is 29.0 Å². The number of hydrogen-bond acceptors (Lipinski definition) is 6. The van der Waals surface area contributed by atoms with Crippen LogP contribution in [0.5, 0.6) is 0 Å². The predicted octanol–water partition coefficient (Wildman–Crippen LogP) is 2.39. The summed E-state index contributed by atoms with van der Waals surface area (Å²) in [6.45, 7) is 0.278. The molecule has 1 aliphatic heterocycles. The van der Waals surface area contributed by atoms with E-state index in [0.29, 0.717) is 29.3 Å². The third kappa shape index (κ3) is 3.48. The van der Waals surface area contributed by atoms with E-state index in [9.17, 15) is 9.90 Å². The summed E-state index contributed by atoms with van der Waals surface area (Å²) in [5.74, 6) is 2.27. The first-order chi connectivity index (χ1) is 10.2. The Morgan fingerprint density at radius 1 is 1.48 bits per heavy atom. The Bertz CT molecular complexity index is 604. The van der Waals surface area contributed by atoms with Gasteiger partial charge in [-0.25, -0.2) is 4.98 Å². The highest BCUT2D eigenvalue weighted by Crippen LogP contribution is 2.27. The minimum absolute atomic E-state index is 0.254. The third-order valence-electron chi connectivity index (χ3n) is 3.47. The topological polar surface area (TPSA) is 75.4 Å². The van der Waals surface area contributed by atoms with E-state index < -0.39 is 5.60 Å². The molecule has 1 amide bonds. The van der Waals surface area contributed by atoms with Crippen LogP contribution in [0.15, 0.2) is 28.2 Å². The van der Waals surface area contributed by atoms with Gasteiger partial charge in [-0.3, -0.25) is 4.79 Å². The summed E-state index contributed by atoms with van der Waals surface area (Å²) >= 11 is 3.20. The van der Waals surface area contributed by atoms with Gasteiger partial charge < -0.3 is 14.8 Å². The number of aliphatic hydroxyl groups is 1. The third-order valence-corrected chi connectivity index (χ3v) is 5.31. The van der Waals surface area contributed by atoms with E-state index in [1.54, 1.807) is 17.7 Å². The Kier molecular flexibility index (Phi) is 4.32. The summed E-state index contributed by atoms with van der Waals surface area (Å²) in [5, 5.41) is 15.5. The van der Waals surface area contributed by atoms with E-state index in [-0.39, 0.29) is 12.5 Å². The normalized spacial score (nSPS) is 17.6. The van der Waals surface area contributed by atoms with Crippen molar-refractivity contribution in [3.8, 4) is 10.8 Å². The zero-order valence-electron chi connectivity index (χ0n) is 11.4. The summed E-state index contributed by atoms with van der Waals surface area (Å²) in [4.78, 5) is 16.4. The number of rotatable bonds is 4. The predicted molar refractivity (Wildman–Crippen MR) is 83.7 cm³/mol. The largest absolute Gasteiger partial charge is 0.462 e. The summed E-state index contributed by atoms with van der Waals surface area (Å²) < 4.78 is 5.26. The highest BCUT2D eigenvalue weighted by atomic mass is 32.2. The number of nitrogens with one attached hydrogen (secondary N) is 1. The molecule has 3 heterocycles. The van der Waals surface area contributed by atoms with Gasteiger partial charge in [-0.15, -0.1) is 11.3 Å². The van der Waals surface area contributed by atoms with Crippen molar-refractivity contribution < 1.29 is 14.3 Å². The molecule has 2 N–H and O–H groups in total. The van der Waals surface area contributed by atoms with Crippen molar-refractivity contribution in [2.75, 3.05) is 18.1 Å². The second-order valence-corrected chi connectivity index (χ2v) is 7.12. The molecule has 0 bridgehead atoms. The fourth-order valence-electron chi connectivity index (χ4n) is 2.15. The lowest BCUT2D eigenvalue weighted by molar-refractivity contribution is 0.0310. The summed E-state index contributed by atoms with van der Waals surface area (Å²) in [6.07, 6.45) is 3.01. The molecule has 7 heteroatoms. The molecule has 1 saturated heterocycles. The number of furan rings is 1. The van der Waals surface area contributed by atoms with E-state index in [4.69, 9.17) is 4.42 Å². The van der Waals surface area contributed by atoms with E-state index >= 15 is 0 Å². The number of hydrogen-bond donors (Lipinski definition) is 2. The summed E-state index contributed by atoms with van der Waals surface area (Å²) in [6, 6.07) is 3.59. The van der Waals surface area contributed by atoms with E-state index in [2.05, 4.69) is 10.3 Å². The molecule has 0 aromatic carbocycles. The fraction of sp³-hybridized carbons (Fsp3) is 0.429. The van der Waals surface area contributed by atoms with Gasteiger partial charge in [-0.2, -0.15) is 11.8 Å². The van der Waals surface area contributed by atoms with Gasteiger partial charge in [0.15, 0.2) is 10.8 Å². The van der Waals surface area contributed by atoms with Crippen LogP contribution in [-0.2, 0) is 0 Å². The molecule has 1 fully saturated rings. The number of carbonyl (C=O) groups excluding carboxylic acids is 1. The lowest BCUT2D eigenvalue weighted by Gasteiger charge is -2.31. The van der Waals surface area contributed by atoms with Crippen LogP contribution in [0.2, 0.25) is 0 Å². The molecule has 0 unspecified atom stereocenters. The van der Waals surface area contributed by atoms with Crippen LogP contribution in [0.1, 0.15) is 23.3 Å². The average Bonchev–Trinajstić information content (AvgIpc) is 3.16. The van der Waals surface area contributed by atoms with Gasteiger partial charge in [-0.1, -0.05) is 0 Å². The molecule has 1 aliphatic rings. The molecular weight excluding hydrogens is 308 g/mol. The van der Waals surface area contributed by atoms with Gasteiger partial charge in [0.05, 0.1) is 11.9 Å². The molecular formula is C14H16N2O3S2. The quantitative estimate of drug-likeness (QED) is 0.903. The zero-order chi connectivity index (χ0) is 14.7. The average molecular weight is 324 g/mol. The van der Waals surface area contributed by atoms with E-state index in [0.717, 1.165) is 11.5 Å². The molecule has 3 rings (SSSR count).